The predicted octanol–water partition coefficient (Wildman–Crippen LogP) is 2.59. The van der Waals surface area contributed by atoms with Crippen molar-refractivity contribution in [1.82, 2.24) is 5.32 Å². The van der Waals surface area contributed by atoms with Gasteiger partial charge in [0.15, 0.2) is 0 Å². The number of ether oxygens (including phenoxy) is 2. The first-order chi connectivity index (χ1) is 7.83. The van der Waals surface area contributed by atoms with Gasteiger partial charge in [-0.05, 0) is 40.2 Å². The number of methoxy groups -OCH3 is 1. The molecular formula is C14H29NO2. The summed E-state index contributed by atoms with van der Waals surface area (Å²) in [6.45, 7) is 12.7. The van der Waals surface area contributed by atoms with Crippen molar-refractivity contribution in [2.45, 2.75) is 65.2 Å². The fourth-order valence-electron chi connectivity index (χ4n) is 2.37. The van der Waals surface area contributed by atoms with Crippen molar-refractivity contribution in [3.63, 3.8) is 0 Å². The number of rotatable bonds is 7. The zero-order valence-electron chi connectivity index (χ0n) is 12.3. The van der Waals surface area contributed by atoms with Gasteiger partial charge in [-0.3, -0.25) is 0 Å². The molecule has 0 aliphatic heterocycles. The second-order valence-electron chi connectivity index (χ2n) is 6.22. The van der Waals surface area contributed by atoms with Crippen molar-refractivity contribution in [2.75, 3.05) is 20.3 Å². The van der Waals surface area contributed by atoms with E-state index in [1.165, 1.54) is 0 Å². The van der Waals surface area contributed by atoms with E-state index in [2.05, 4.69) is 39.9 Å². The summed E-state index contributed by atoms with van der Waals surface area (Å²) in [5.41, 5.74) is 0.230. The number of hydrogen-bond acceptors (Lipinski definition) is 3. The summed E-state index contributed by atoms with van der Waals surface area (Å²) in [5, 5.41) is 3.63. The van der Waals surface area contributed by atoms with E-state index in [-0.39, 0.29) is 11.0 Å². The maximum atomic E-state index is 5.73. The quantitative estimate of drug-likeness (QED) is 0.745. The minimum Gasteiger partial charge on any atom is -0.379 e. The molecule has 0 aromatic rings. The highest BCUT2D eigenvalue weighted by Gasteiger charge is 2.48. The Morgan fingerprint density at radius 1 is 1.35 bits per heavy atom. The molecule has 102 valence electrons. The van der Waals surface area contributed by atoms with E-state index in [1.807, 2.05) is 0 Å². The summed E-state index contributed by atoms with van der Waals surface area (Å²) in [6.07, 6.45) is 2.59. The van der Waals surface area contributed by atoms with Crippen molar-refractivity contribution >= 4 is 0 Å². The SMILES string of the molecule is CCOC1CC(NCCC(C)(C)OC)C1(C)C. The second kappa shape index (κ2) is 5.68. The lowest BCUT2D eigenvalue weighted by molar-refractivity contribution is -0.114. The van der Waals surface area contributed by atoms with E-state index in [0.29, 0.717) is 12.1 Å². The van der Waals surface area contributed by atoms with Crippen LogP contribution in [0.25, 0.3) is 0 Å². The van der Waals surface area contributed by atoms with Crippen LogP contribution in [-0.4, -0.2) is 38.0 Å². The van der Waals surface area contributed by atoms with Crippen LogP contribution in [0, 0.1) is 5.41 Å². The van der Waals surface area contributed by atoms with Gasteiger partial charge in [-0.2, -0.15) is 0 Å². The van der Waals surface area contributed by atoms with Gasteiger partial charge in [-0.1, -0.05) is 13.8 Å². The molecule has 0 saturated heterocycles. The number of nitrogens with one attached hydrogen (secondary N) is 1. The molecule has 0 spiro atoms. The highest BCUT2D eigenvalue weighted by molar-refractivity contribution is 5.02. The third kappa shape index (κ3) is 3.67. The first-order valence-corrected chi connectivity index (χ1v) is 6.73. The Kier molecular flexibility index (Phi) is 4.99. The summed E-state index contributed by atoms with van der Waals surface area (Å²) >= 11 is 0. The zero-order chi connectivity index (χ0) is 13.1. The molecule has 1 aliphatic carbocycles. The molecule has 3 heteroatoms. The Labute approximate surface area is 106 Å². The maximum Gasteiger partial charge on any atom is 0.0655 e. The molecule has 1 fully saturated rings. The van der Waals surface area contributed by atoms with Crippen molar-refractivity contribution in [3.05, 3.63) is 0 Å². The van der Waals surface area contributed by atoms with Crippen LogP contribution in [0.3, 0.4) is 0 Å². The highest BCUT2D eigenvalue weighted by Crippen LogP contribution is 2.42. The monoisotopic (exact) mass is 243 g/mol. The molecule has 0 heterocycles. The minimum absolute atomic E-state index is 0.0276. The third-order valence-electron chi connectivity index (χ3n) is 4.22. The zero-order valence-corrected chi connectivity index (χ0v) is 12.3. The summed E-state index contributed by atoms with van der Waals surface area (Å²) in [6, 6.07) is 0.576. The van der Waals surface area contributed by atoms with Gasteiger partial charge in [0.25, 0.3) is 0 Å². The smallest absolute Gasteiger partial charge is 0.0655 e. The molecule has 2 atom stereocenters. The molecule has 1 rings (SSSR count). The van der Waals surface area contributed by atoms with Gasteiger partial charge in [0.05, 0.1) is 11.7 Å². The average Bonchev–Trinajstić information content (AvgIpc) is 2.27. The van der Waals surface area contributed by atoms with Crippen LogP contribution in [0.2, 0.25) is 0 Å². The topological polar surface area (TPSA) is 30.5 Å². The van der Waals surface area contributed by atoms with Crippen LogP contribution < -0.4 is 5.32 Å². The number of hydrogen-bond donors (Lipinski definition) is 1. The van der Waals surface area contributed by atoms with Crippen LogP contribution >= 0.6 is 0 Å². The molecular weight excluding hydrogens is 214 g/mol. The van der Waals surface area contributed by atoms with Crippen molar-refractivity contribution in [2.24, 2.45) is 5.41 Å². The molecule has 0 amide bonds. The lowest BCUT2D eigenvalue weighted by Gasteiger charge is -2.52. The van der Waals surface area contributed by atoms with Crippen LogP contribution in [0.4, 0.5) is 0 Å². The van der Waals surface area contributed by atoms with Gasteiger partial charge in [0, 0.05) is 25.2 Å². The molecule has 0 aromatic heterocycles. The van der Waals surface area contributed by atoms with Gasteiger partial charge in [0.1, 0.15) is 0 Å². The van der Waals surface area contributed by atoms with Crippen LogP contribution in [-0.2, 0) is 9.47 Å². The first-order valence-electron chi connectivity index (χ1n) is 6.73. The lowest BCUT2D eigenvalue weighted by atomic mass is 9.64. The Bertz CT molecular complexity index is 238. The maximum absolute atomic E-state index is 5.73. The summed E-state index contributed by atoms with van der Waals surface area (Å²) < 4.78 is 11.1. The van der Waals surface area contributed by atoms with E-state index in [0.717, 1.165) is 26.0 Å². The van der Waals surface area contributed by atoms with Gasteiger partial charge in [-0.25, -0.2) is 0 Å². The molecule has 1 saturated carbocycles. The van der Waals surface area contributed by atoms with E-state index in [9.17, 15) is 0 Å². The highest BCUT2D eigenvalue weighted by atomic mass is 16.5. The van der Waals surface area contributed by atoms with Crippen LogP contribution in [0.1, 0.15) is 47.5 Å². The molecule has 3 nitrogen and oxygen atoms in total. The molecule has 0 bridgehead atoms. The Hall–Kier alpha value is -0.120. The predicted molar refractivity (Wildman–Crippen MR) is 71.3 cm³/mol. The van der Waals surface area contributed by atoms with Crippen molar-refractivity contribution in [1.29, 1.82) is 0 Å². The molecule has 0 radical (unpaired) electrons. The minimum atomic E-state index is -0.0276. The Morgan fingerprint density at radius 2 is 2.00 bits per heavy atom. The van der Waals surface area contributed by atoms with E-state index >= 15 is 0 Å². The third-order valence-corrected chi connectivity index (χ3v) is 4.22. The van der Waals surface area contributed by atoms with Gasteiger partial charge in [0.2, 0.25) is 0 Å². The normalized spacial score (nSPS) is 27.9. The summed E-state index contributed by atoms with van der Waals surface area (Å²) in [7, 11) is 1.78. The fourth-order valence-corrected chi connectivity index (χ4v) is 2.37. The Morgan fingerprint density at radius 3 is 2.47 bits per heavy atom. The van der Waals surface area contributed by atoms with E-state index in [1.54, 1.807) is 7.11 Å². The molecule has 17 heavy (non-hydrogen) atoms. The van der Waals surface area contributed by atoms with E-state index in [4.69, 9.17) is 9.47 Å². The Balaban J connectivity index is 2.27. The standard InChI is InChI=1S/C14H29NO2/c1-7-17-12-10-11(14(12,4)5)15-9-8-13(2,3)16-6/h11-12,15H,7-10H2,1-6H3. The fraction of sp³-hybridized carbons (Fsp3) is 1.00. The largest absolute Gasteiger partial charge is 0.379 e. The molecule has 0 aromatic carbocycles. The first kappa shape index (κ1) is 14.9. The summed E-state index contributed by atoms with van der Waals surface area (Å²) in [5.74, 6) is 0. The van der Waals surface area contributed by atoms with Gasteiger partial charge in [-0.15, -0.1) is 0 Å². The van der Waals surface area contributed by atoms with E-state index < -0.39 is 0 Å². The molecule has 1 N–H and O–H groups in total. The average molecular weight is 243 g/mol. The second-order valence-corrected chi connectivity index (χ2v) is 6.22. The van der Waals surface area contributed by atoms with Crippen LogP contribution in [0.15, 0.2) is 0 Å². The van der Waals surface area contributed by atoms with Gasteiger partial charge < -0.3 is 14.8 Å². The molecule has 1 aliphatic rings. The van der Waals surface area contributed by atoms with Crippen molar-refractivity contribution in [3.8, 4) is 0 Å². The van der Waals surface area contributed by atoms with Crippen molar-refractivity contribution < 1.29 is 9.47 Å². The lowest BCUT2D eigenvalue weighted by Crippen LogP contribution is -2.61. The van der Waals surface area contributed by atoms with Crippen LogP contribution in [0.5, 0.6) is 0 Å². The summed E-state index contributed by atoms with van der Waals surface area (Å²) in [4.78, 5) is 0. The van der Waals surface area contributed by atoms with Gasteiger partial charge >= 0.3 is 0 Å². The molecule has 2 unspecified atom stereocenters.